The average Bonchev–Trinajstić information content (AvgIpc) is 3.52. The third-order valence-electron chi connectivity index (χ3n) is 9.22. The number of nitrogens with zero attached hydrogens (tertiary/aromatic N) is 1. The maximum Gasteiger partial charge on any atom is 0.427 e. The van der Waals surface area contributed by atoms with E-state index in [0.29, 0.717) is 11.8 Å². The highest BCUT2D eigenvalue weighted by Gasteiger charge is 2.77. The van der Waals surface area contributed by atoms with Crippen molar-refractivity contribution in [3.63, 3.8) is 0 Å². The number of allylic oxidation sites excluding steroid dienone is 4. The third-order valence-corrected chi connectivity index (χ3v) is 9.22. The van der Waals surface area contributed by atoms with Crippen LogP contribution in [0.4, 0.5) is 13.2 Å². The topological polar surface area (TPSA) is 25.0 Å². The van der Waals surface area contributed by atoms with Gasteiger partial charge in [-0.2, -0.15) is 13.2 Å². The van der Waals surface area contributed by atoms with Crippen molar-refractivity contribution >= 4 is 0 Å². The van der Waals surface area contributed by atoms with Crippen LogP contribution in [-0.4, -0.2) is 16.7 Å². The normalized spacial score (nSPS) is 41.4. The molecule has 0 radical (unpaired) electrons. The van der Waals surface area contributed by atoms with Crippen LogP contribution in [0, 0.1) is 23.2 Å². The summed E-state index contributed by atoms with van der Waals surface area (Å²) in [6.45, 7) is 8.95. The first-order chi connectivity index (χ1) is 15.0. The fourth-order valence-corrected chi connectivity index (χ4v) is 7.45. The zero-order chi connectivity index (χ0) is 22.9. The second-order valence-electron chi connectivity index (χ2n) is 11.2. The zero-order valence-corrected chi connectivity index (χ0v) is 19.6. The van der Waals surface area contributed by atoms with E-state index in [9.17, 15) is 13.2 Å². The van der Waals surface area contributed by atoms with Crippen LogP contribution < -0.4 is 5.43 Å². The molecule has 2 fully saturated rings. The Labute approximate surface area is 189 Å². The molecule has 2 nitrogen and oxygen atoms in total. The third kappa shape index (κ3) is 3.00. The van der Waals surface area contributed by atoms with Crippen LogP contribution in [0.1, 0.15) is 71.8 Å². The van der Waals surface area contributed by atoms with E-state index < -0.39 is 17.4 Å². The molecule has 1 aliphatic heterocycles. The Kier molecular flexibility index (Phi) is 5.00. The molecular formula is C27H35F3N2. The number of hydrogen-bond acceptors (Lipinski definition) is 2. The first kappa shape index (κ1) is 22.2. The minimum atomic E-state index is -4.39. The van der Waals surface area contributed by atoms with Crippen LogP contribution in [0.5, 0.6) is 0 Å². The second kappa shape index (κ2) is 7.20. The standard InChI is InChI=1S/C27H35F3N2/c1-18(2)19-11-13-22-20(17-19)12-14-23-24(22,3)15-8-16-25(23,4)32-26(31-32,27(28,29)30)21-9-6-5-7-10-21/h5-7,9-10,12,17-18,22-23,31H,8,11,13-16H2,1-4H3/t22-,23?,24+,25?,26?,32?/m0/s1. The van der Waals surface area contributed by atoms with Gasteiger partial charge in [0, 0.05) is 5.54 Å². The highest BCUT2D eigenvalue weighted by molar-refractivity contribution is 5.37. The lowest BCUT2D eigenvalue weighted by atomic mass is 9.49. The number of hydrazine groups is 1. The van der Waals surface area contributed by atoms with Crippen LogP contribution in [0.2, 0.25) is 0 Å². The predicted molar refractivity (Wildman–Crippen MR) is 121 cm³/mol. The Balaban J connectivity index is 1.53. The van der Waals surface area contributed by atoms with Crippen molar-refractivity contribution in [1.29, 1.82) is 0 Å². The van der Waals surface area contributed by atoms with Crippen LogP contribution >= 0.6 is 0 Å². The molecule has 4 unspecified atom stereocenters. The molecule has 0 spiro atoms. The van der Waals surface area contributed by atoms with Crippen LogP contribution in [-0.2, 0) is 5.66 Å². The minimum absolute atomic E-state index is 0.0222. The van der Waals surface area contributed by atoms with Crippen LogP contribution in [0.3, 0.4) is 0 Å². The summed E-state index contributed by atoms with van der Waals surface area (Å²) in [5.41, 5.74) is 3.50. The number of rotatable bonds is 3. The van der Waals surface area contributed by atoms with Gasteiger partial charge in [-0.05, 0) is 73.3 Å². The number of benzene rings is 1. The van der Waals surface area contributed by atoms with Gasteiger partial charge in [-0.1, -0.05) is 75.2 Å². The van der Waals surface area contributed by atoms with E-state index in [4.69, 9.17) is 0 Å². The van der Waals surface area contributed by atoms with Crippen molar-refractivity contribution in [3.05, 3.63) is 59.2 Å². The van der Waals surface area contributed by atoms with E-state index in [-0.39, 0.29) is 16.9 Å². The van der Waals surface area contributed by atoms with Crippen molar-refractivity contribution in [3.8, 4) is 0 Å². The van der Waals surface area contributed by atoms with Gasteiger partial charge in [-0.25, -0.2) is 10.4 Å². The molecule has 1 aromatic rings. The van der Waals surface area contributed by atoms with Gasteiger partial charge in [0.25, 0.3) is 0 Å². The summed E-state index contributed by atoms with van der Waals surface area (Å²) >= 11 is 0. The van der Waals surface area contributed by atoms with Crippen LogP contribution in [0.25, 0.3) is 0 Å². The van der Waals surface area contributed by atoms with Crippen molar-refractivity contribution < 1.29 is 13.2 Å². The molecule has 5 rings (SSSR count). The molecule has 0 bridgehead atoms. The molecule has 3 aliphatic carbocycles. The van der Waals surface area contributed by atoms with Gasteiger partial charge in [-0.3, -0.25) is 0 Å². The zero-order valence-electron chi connectivity index (χ0n) is 19.6. The Morgan fingerprint density at radius 1 is 1.09 bits per heavy atom. The van der Waals surface area contributed by atoms with Crippen LogP contribution in [0.15, 0.2) is 53.6 Å². The molecule has 5 heteroatoms. The summed E-state index contributed by atoms with van der Waals surface area (Å²) in [5.74, 6) is 1.19. The smallest absolute Gasteiger partial charge is 0.219 e. The lowest BCUT2D eigenvalue weighted by molar-refractivity contribution is -0.188. The van der Waals surface area contributed by atoms with Gasteiger partial charge in [0.1, 0.15) is 0 Å². The van der Waals surface area contributed by atoms with Gasteiger partial charge in [-0.15, -0.1) is 0 Å². The summed E-state index contributed by atoms with van der Waals surface area (Å²) in [7, 11) is 0. The number of halogens is 3. The van der Waals surface area contributed by atoms with Gasteiger partial charge < -0.3 is 0 Å². The van der Waals surface area contributed by atoms with Crippen molar-refractivity contribution in [2.24, 2.45) is 23.2 Å². The Morgan fingerprint density at radius 3 is 2.47 bits per heavy atom. The Morgan fingerprint density at radius 2 is 1.81 bits per heavy atom. The molecule has 0 amide bonds. The number of nitrogens with one attached hydrogen (secondary N) is 1. The molecule has 1 N–H and O–H groups in total. The molecule has 1 heterocycles. The van der Waals surface area contributed by atoms with Crippen molar-refractivity contribution in [2.75, 3.05) is 0 Å². The SMILES string of the molecule is CC(C)C1=CC2=CCC3C(C)(N4NC4(c4ccccc4)C(F)(F)F)CCC[C@]3(C)[C@H]2CC1. The summed E-state index contributed by atoms with van der Waals surface area (Å²) in [6, 6.07) is 8.37. The monoisotopic (exact) mass is 444 g/mol. The molecule has 4 aliphatic rings. The molecule has 6 atom stereocenters. The number of fused-ring (bicyclic) bond motifs is 3. The van der Waals surface area contributed by atoms with Gasteiger partial charge >= 0.3 is 6.18 Å². The molecule has 0 aromatic heterocycles. The summed E-state index contributed by atoms with van der Waals surface area (Å²) < 4.78 is 43.6. The maximum atomic E-state index is 14.5. The average molecular weight is 445 g/mol. The van der Waals surface area contributed by atoms with E-state index in [1.165, 1.54) is 11.1 Å². The van der Waals surface area contributed by atoms with Crippen molar-refractivity contribution in [2.45, 2.75) is 83.6 Å². The number of alkyl halides is 3. The molecule has 32 heavy (non-hydrogen) atoms. The van der Waals surface area contributed by atoms with E-state index >= 15 is 0 Å². The fourth-order valence-electron chi connectivity index (χ4n) is 7.45. The van der Waals surface area contributed by atoms with Crippen molar-refractivity contribution in [1.82, 2.24) is 10.4 Å². The van der Waals surface area contributed by atoms with E-state index in [2.05, 4.69) is 45.3 Å². The van der Waals surface area contributed by atoms with Gasteiger partial charge in [0.15, 0.2) is 0 Å². The molecule has 174 valence electrons. The lowest BCUT2D eigenvalue weighted by Crippen LogP contribution is -2.59. The van der Waals surface area contributed by atoms with E-state index in [1.54, 1.807) is 35.3 Å². The molecule has 1 aromatic carbocycles. The largest absolute Gasteiger partial charge is 0.427 e. The summed E-state index contributed by atoms with van der Waals surface area (Å²) in [4.78, 5) is 0. The summed E-state index contributed by atoms with van der Waals surface area (Å²) in [6.07, 6.45) is 6.30. The molecule has 1 saturated carbocycles. The predicted octanol–water partition coefficient (Wildman–Crippen LogP) is 7.11. The Hall–Kier alpha value is -1.59. The molecule has 1 saturated heterocycles. The molecular weight excluding hydrogens is 409 g/mol. The lowest BCUT2D eigenvalue weighted by Gasteiger charge is -2.59. The fraction of sp³-hybridized carbons (Fsp3) is 0.630. The van der Waals surface area contributed by atoms with E-state index in [1.807, 2.05) is 0 Å². The minimum Gasteiger partial charge on any atom is -0.219 e. The maximum absolute atomic E-state index is 14.5. The summed E-state index contributed by atoms with van der Waals surface area (Å²) in [5, 5.41) is 1.58. The van der Waals surface area contributed by atoms with Gasteiger partial charge in [0.05, 0.1) is 0 Å². The Bertz CT molecular complexity index is 949. The van der Waals surface area contributed by atoms with Gasteiger partial charge in [0.2, 0.25) is 5.66 Å². The quantitative estimate of drug-likeness (QED) is 0.503. The van der Waals surface area contributed by atoms with E-state index in [0.717, 1.165) is 38.5 Å². The second-order valence-corrected chi connectivity index (χ2v) is 11.2. The first-order valence-corrected chi connectivity index (χ1v) is 12.1. The highest BCUT2D eigenvalue weighted by atomic mass is 19.4. The highest BCUT2D eigenvalue weighted by Crippen LogP contribution is 2.65. The first-order valence-electron chi connectivity index (χ1n) is 12.1. The number of hydrogen-bond donors (Lipinski definition) is 1.